The van der Waals surface area contributed by atoms with Crippen molar-refractivity contribution in [3.05, 3.63) is 138 Å². The van der Waals surface area contributed by atoms with Gasteiger partial charge in [0.05, 0.1) is 5.02 Å². The lowest BCUT2D eigenvalue weighted by molar-refractivity contribution is 0.669. The van der Waals surface area contributed by atoms with E-state index in [9.17, 15) is 0 Å². The molecule has 0 bridgehead atoms. The molecule has 0 radical (unpaired) electrons. The van der Waals surface area contributed by atoms with E-state index in [0.717, 1.165) is 38.8 Å². The SMILES string of the molecule is Clc1cc(N(c2ccccc2)c2ccc(-c3ccccc3)cc2)cc2c1oc1cc3ccccc3cc12. The number of nitrogens with zero attached hydrogens (tertiary/aromatic N) is 1. The van der Waals surface area contributed by atoms with Crippen LogP contribution in [0.2, 0.25) is 5.02 Å². The van der Waals surface area contributed by atoms with Crippen LogP contribution in [0.3, 0.4) is 0 Å². The molecule has 37 heavy (non-hydrogen) atoms. The minimum Gasteiger partial charge on any atom is -0.454 e. The molecule has 0 aliphatic heterocycles. The Hall–Kier alpha value is -4.53. The van der Waals surface area contributed by atoms with Crippen LogP contribution in [0.4, 0.5) is 17.1 Å². The molecule has 2 nitrogen and oxygen atoms in total. The Balaban J connectivity index is 1.42. The third kappa shape index (κ3) is 3.83. The molecule has 1 heterocycles. The van der Waals surface area contributed by atoms with Crippen molar-refractivity contribution in [3.8, 4) is 11.1 Å². The normalized spacial score (nSPS) is 11.4. The van der Waals surface area contributed by atoms with E-state index >= 15 is 0 Å². The van der Waals surface area contributed by atoms with E-state index in [-0.39, 0.29) is 0 Å². The lowest BCUT2D eigenvalue weighted by Crippen LogP contribution is -2.09. The van der Waals surface area contributed by atoms with Gasteiger partial charge in [0.25, 0.3) is 0 Å². The van der Waals surface area contributed by atoms with Gasteiger partial charge in [-0.2, -0.15) is 0 Å². The van der Waals surface area contributed by atoms with E-state index in [1.54, 1.807) is 0 Å². The second kappa shape index (κ2) is 8.85. The van der Waals surface area contributed by atoms with Gasteiger partial charge in [-0.25, -0.2) is 0 Å². The number of halogens is 1. The number of hydrogen-bond donors (Lipinski definition) is 0. The quantitative estimate of drug-likeness (QED) is 0.241. The molecule has 0 fully saturated rings. The first-order chi connectivity index (χ1) is 18.2. The molecule has 1 aromatic heterocycles. The van der Waals surface area contributed by atoms with Gasteiger partial charge >= 0.3 is 0 Å². The van der Waals surface area contributed by atoms with Gasteiger partial charge < -0.3 is 9.32 Å². The van der Waals surface area contributed by atoms with E-state index in [4.69, 9.17) is 16.0 Å². The predicted octanol–water partition coefficient (Wildman–Crippen LogP) is 10.5. The van der Waals surface area contributed by atoms with Crippen LogP contribution >= 0.6 is 11.6 Å². The third-order valence-corrected chi connectivity index (χ3v) is 7.16. The highest BCUT2D eigenvalue weighted by Crippen LogP contribution is 2.42. The van der Waals surface area contributed by atoms with Crippen molar-refractivity contribution in [1.29, 1.82) is 0 Å². The van der Waals surface area contributed by atoms with Gasteiger partial charge in [-0.15, -0.1) is 0 Å². The summed E-state index contributed by atoms with van der Waals surface area (Å²) in [5.74, 6) is 0. The van der Waals surface area contributed by atoms with Crippen molar-refractivity contribution in [2.45, 2.75) is 0 Å². The van der Waals surface area contributed by atoms with Crippen LogP contribution in [0.1, 0.15) is 0 Å². The summed E-state index contributed by atoms with van der Waals surface area (Å²) in [6, 6.07) is 46.3. The van der Waals surface area contributed by atoms with Gasteiger partial charge in [0.1, 0.15) is 5.58 Å². The molecule has 7 aromatic rings. The van der Waals surface area contributed by atoms with Gasteiger partial charge in [0.15, 0.2) is 5.58 Å². The molecule has 7 rings (SSSR count). The zero-order valence-corrected chi connectivity index (χ0v) is 20.7. The highest BCUT2D eigenvalue weighted by Gasteiger charge is 2.18. The summed E-state index contributed by atoms with van der Waals surface area (Å²) in [7, 11) is 0. The molecule has 176 valence electrons. The van der Waals surface area contributed by atoms with Gasteiger partial charge in [-0.3, -0.25) is 0 Å². The molecule has 0 N–H and O–H groups in total. The van der Waals surface area contributed by atoms with Gasteiger partial charge in [0.2, 0.25) is 0 Å². The third-order valence-electron chi connectivity index (χ3n) is 6.88. The molecule has 6 aromatic carbocycles. The number of fused-ring (bicyclic) bond motifs is 4. The Labute approximate surface area is 220 Å². The first kappa shape index (κ1) is 21.7. The minimum absolute atomic E-state index is 0.592. The summed E-state index contributed by atoms with van der Waals surface area (Å²) in [5, 5.41) is 4.98. The summed E-state index contributed by atoms with van der Waals surface area (Å²) < 4.78 is 6.25. The van der Waals surface area contributed by atoms with E-state index < -0.39 is 0 Å². The Kier molecular flexibility index (Phi) is 5.20. The van der Waals surface area contributed by atoms with Crippen LogP contribution in [0.5, 0.6) is 0 Å². The average molecular weight is 496 g/mol. The fraction of sp³-hybridized carbons (Fsp3) is 0. The number of benzene rings is 6. The van der Waals surface area contributed by atoms with Crippen molar-refractivity contribution < 1.29 is 4.42 Å². The van der Waals surface area contributed by atoms with E-state index in [0.29, 0.717) is 10.6 Å². The lowest BCUT2D eigenvalue weighted by atomic mass is 10.0. The second-order valence-electron chi connectivity index (χ2n) is 9.19. The second-order valence-corrected chi connectivity index (χ2v) is 9.59. The zero-order chi connectivity index (χ0) is 24.8. The Bertz CT molecular complexity index is 1870. The summed E-state index contributed by atoms with van der Waals surface area (Å²) >= 11 is 6.87. The van der Waals surface area contributed by atoms with Crippen molar-refractivity contribution in [2.24, 2.45) is 0 Å². The first-order valence-electron chi connectivity index (χ1n) is 12.3. The molecule has 0 amide bonds. The molecule has 0 aliphatic carbocycles. The summed E-state index contributed by atoms with van der Waals surface area (Å²) in [4.78, 5) is 2.24. The minimum atomic E-state index is 0.592. The molecule has 0 saturated carbocycles. The number of para-hydroxylation sites is 1. The lowest BCUT2D eigenvalue weighted by Gasteiger charge is -2.26. The summed E-state index contributed by atoms with van der Waals surface area (Å²) in [5.41, 5.74) is 7.02. The zero-order valence-electron chi connectivity index (χ0n) is 19.9. The van der Waals surface area contributed by atoms with Gasteiger partial charge in [0, 0.05) is 27.8 Å². The van der Waals surface area contributed by atoms with Crippen LogP contribution < -0.4 is 4.90 Å². The number of rotatable bonds is 4. The highest BCUT2D eigenvalue weighted by molar-refractivity contribution is 6.36. The maximum absolute atomic E-state index is 6.87. The van der Waals surface area contributed by atoms with E-state index in [1.165, 1.54) is 16.5 Å². The number of furan rings is 1. The van der Waals surface area contributed by atoms with Gasteiger partial charge in [-0.1, -0.05) is 96.5 Å². The summed E-state index contributed by atoms with van der Waals surface area (Å²) in [6.07, 6.45) is 0. The fourth-order valence-electron chi connectivity index (χ4n) is 5.09. The van der Waals surface area contributed by atoms with Crippen molar-refractivity contribution in [3.63, 3.8) is 0 Å². The van der Waals surface area contributed by atoms with Crippen LogP contribution in [0, 0.1) is 0 Å². The first-order valence-corrected chi connectivity index (χ1v) is 12.7. The number of anilines is 3. The molecule has 0 aliphatic rings. The van der Waals surface area contributed by atoms with Crippen LogP contribution in [0.25, 0.3) is 43.8 Å². The highest BCUT2D eigenvalue weighted by atomic mass is 35.5. The van der Waals surface area contributed by atoms with Crippen molar-refractivity contribution in [1.82, 2.24) is 0 Å². The standard InChI is InChI=1S/C34H22ClNO/c35-32-22-29(21-31-30-19-25-11-7-8-12-26(25)20-33(30)37-34(31)32)36(27-13-5-2-6-14-27)28-17-15-24(16-18-28)23-9-3-1-4-10-23/h1-22H. The Morgan fingerprint density at radius 1 is 0.486 bits per heavy atom. The fourth-order valence-corrected chi connectivity index (χ4v) is 5.35. The predicted molar refractivity (Wildman–Crippen MR) is 156 cm³/mol. The average Bonchev–Trinajstić information content (AvgIpc) is 3.31. The molecule has 0 spiro atoms. The molecule has 0 saturated heterocycles. The Morgan fingerprint density at radius 3 is 1.81 bits per heavy atom. The topological polar surface area (TPSA) is 16.4 Å². The smallest absolute Gasteiger partial charge is 0.154 e. The maximum Gasteiger partial charge on any atom is 0.154 e. The van der Waals surface area contributed by atoms with Crippen LogP contribution in [0.15, 0.2) is 138 Å². The number of hydrogen-bond acceptors (Lipinski definition) is 2. The Morgan fingerprint density at radius 2 is 1.08 bits per heavy atom. The van der Waals surface area contributed by atoms with Crippen molar-refractivity contribution >= 4 is 61.4 Å². The molecule has 0 unspecified atom stereocenters. The monoisotopic (exact) mass is 495 g/mol. The molecule has 0 atom stereocenters. The van der Waals surface area contributed by atoms with E-state index in [2.05, 4.69) is 114 Å². The maximum atomic E-state index is 6.87. The molecular formula is C34H22ClNO. The van der Waals surface area contributed by atoms with E-state index in [1.807, 2.05) is 24.3 Å². The van der Waals surface area contributed by atoms with Gasteiger partial charge in [-0.05, 0) is 70.4 Å². The molecule has 3 heteroatoms. The van der Waals surface area contributed by atoms with Crippen LogP contribution in [-0.4, -0.2) is 0 Å². The summed E-state index contributed by atoms with van der Waals surface area (Å²) in [6.45, 7) is 0. The molecular weight excluding hydrogens is 474 g/mol. The van der Waals surface area contributed by atoms with Crippen LogP contribution in [-0.2, 0) is 0 Å². The largest absolute Gasteiger partial charge is 0.454 e. The van der Waals surface area contributed by atoms with Crippen molar-refractivity contribution in [2.75, 3.05) is 4.90 Å².